The van der Waals surface area contributed by atoms with Crippen LogP contribution in [-0.2, 0) is 11.2 Å². The molecular weight excluding hydrogens is 346 g/mol. The molecule has 1 unspecified atom stereocenters. The molecule has 1 saturated heterocycles. The van der Waals surface area contributed by atoms with Crippen LogP contribution in [0.1, 0.15) is 42.9 Å². The molecule has 0 spiro atoms. The second-order valence-electron chi connectivity index (χ2n) is 7.24. The highest BCUT2D eigenvalue weighted by Gasteiger charge is 2.19. The molecule has 1 heterocycles. The Kier molecular flexibility index (Phi) is 6.93. The van der Waals surface area contributed by atoms with E-state index >= 15 is 0 Å². The van der Waals surface area contributed by atoms with E-state index in [9.17, 15) is 13.6 Å². The fourth-order valence-electron chi connectivity index (χ4n) is 3.65. The monoisotopic (exact) mass is 372 g/mol. The van der Waals surface area contributed by atoms with Gasteiger partial charge < -0.3 is 10.6 Å². The maximum Gasteiger partial charge on any atom is 0.220 e. The summed E-state index contributed by atoms with van der Waals surface area (Å²) < 4.78 is 27.2. The molecule has 0 bridgehead atoms. The Morgan fingerprint density at radius 2 is 1.78 bits per heavy atom. The number of carbonyl (C=O) groups excluding carboxylic acids is 1. The van der Waals surface area contributed by atoms with Gasteiger partial charge in [-0.05, 0) is 80.1 Å². The molecule has 0 aromatic heterocycles. The number of rotatable bonds is 7. The van der Waals surface area contributed by atoms with Gasteiger partial charge in [-0.15, -0.1) is 0 Å². The summed E-state index contributed by atoms with van der Waals surface area (Å²) in [5, 5.41) is 6.35. The zero-order valence-electron chi connectivity index (χ0n) is 15.4. The van der Waals surface area contributed by atoms with Crippen molar-refractivity contribution in [2.45, 2.75) is 38.1 Å². The summed E-state index contributed by atoms with van der Waals surface area (Å²) in [5.41, 5.74) is 1.46. The van der Waals surface area contributed by atoms with Crippen LogP contribution >= 0.6 is 0 Å². The van der Waals surface area contributed by atoms with E-state index in [2.05, 4.69) is 10.6 Å². The Bertz CT molecular complexity index is 759. The van der Waals surface area contributed by atoms with E-state index in [-0.39, 0.29) is 23.6 Å². The minimum absolute atomic E-state index is 0.0424. The highest BCUT2D eigenvalue weighted by atomic mass is 19.1. The van der Waals surface area contributed by atoms with Crippen LogP contribution in [0.4, 0.5) is 8.78 Å². The van der Waals surface area contributed by atoms with E-state index in [1.807, 2.05) is 6.07 Å². The molecule has 2 aromatic rings. The standard InChI is InChI=1S/C22H26F2N2O/c23-19-5-1-3-17(13-19)14-21(18-4-2-6-20(24)15-18)26-22(27)8-7-16-9-11-25-12-10-16/h1-6,13,15-16,21,25H,7-12,14H2,(H,26,27). The van der Waals surface area contributed by atoms with Gasteiger partial charge in [0.2, 0.25) is 5.91 Å². The number of piperidine rings is 1. The third kappa shape index (κ3) is 6.14. The van der Waals surface area contributed by atoms with Gasteiger partial charge in [0.1, 0.15) is 11.6 Å². The lowest BCUT2D eigenvalue weighted by Gasteiger charge is -2.23. The molecule has 1 aliphatic heterocycles. The average molecular weight is 372 g/mol. The Morgan fingerprint density at radius 1 is 1.07 bits per heavy atom. The van der Waals surface area contributed by atoms with E-state index in [1.54, 1.807) is 18.2 Å². The molecule has 27 heavy (non-hydrogen) atoms. The van der Waals surface area contributed by atoms with Crippen LogP contribution in [0.2, 0.25) is 0 Å². The summed E-state index contributed by atoms with van der Waals surface area (Å²) in [7, 11) is 0. The molecule has 1 amide bonds. The van der Waals surface area contributed by atoms with Crippen molar-refractivity contribution in [1.82, 2.24) is 10.6 Å². The van der Waals surface area contributed by atoms with Gasteiger partial charge in [-0.1, -0.05) is 24.3 Å². The summed E-state index contributed by atoms with van der Waals surface area (Å²) in [6.45, 7) is 2.02. The molecule has 1 fully saturated rings. The number of halogens is 2. The second kappa shape index (κ2) is 9.60. The number of nitrogens with one attached hydrogen (secondary N) is 2. The average Bonchev–Trinajstić information content (AvgIpc) is 2.67. The lowest BCUT2D eigenvalue weighted by Crippen LogP contribution is -2.32. The van der Waals surface area contributed by atoms with Gasteiger partial charge in [0.05, 0.1) is 6.04 Å². The Balaban J connectivity index is 1.66. The quantitative estimate of drug-likeness (QED) is 0.767. The van der Waals surface area contributed by atoms with E-state index < -0.39 is 0 Å². The lowest BCUT2D eigenvalue weighted by atomic mass is 9.92. The third-order valence-corrected chi connectivity index (χ3v) is 5.15. The van der Waals surface area contributed by atoms with Crippen molar-refractivity contribution in [3.05, 3.63) is 71.3 Å². The molecular formula is C22H26F2N2O. The lowest BCUT2D eigenvalue weighted by molar-refractivity contribution is -0.122. The van der Waals surface area contributed by atoms with E-state index in [1.165, 1.54) is 24.3 Å². The molecule has 5 heteroatoms. The summed E-state index contributed by atoms with van der Waals surface area (Å²) in [6.07, 6.45) is 3.94. The maximum atomic E-state index is 13.7. The van der Waals surface area contributed by atoms with Crippen molar-refractivity contribution in [2.24, 2.45) is 5.92 Å². The third-order valence-electron chi connectivity index (χ3n) is 5.15. The normalized spacial score (nSPS) is 16.1. The van der Waals surface area contributed by atoms with Crippen LogP contribution < -0.4 is 10.6 Å². The topological polar surface area (TPSA) is 41.1 Å². The van der Waals surface area contributed by atoms with Crippen LogP contribution in [0, 0.1) is 17.6 Å². The highest BCUT2D eigenvalue weighted by molar-refractivity contribution is 5.76. The zero-order valence-corrected chi connectivity index (χ0v) is 15.4. The predicted molar refractivity (Wildman–Crippen MR) is 102 cm³/mol. The van der Waals surface area contributed by atoms with Gasteiger partial charge >= 0.3 is 0 Å². The van der Waals surface area contributed by atoms with Crippen molar-refractivity contribution >= 4 is 5.91 Å². The smallest absolute Gasteiger partial charge is 0.220 e. The molecule has 2 N–H and O–H groups in total. The van der Waals surface area contributed by atoms with Crippen molar-refractivity contribution in [2.75, 3.05) is 13.1 Å². The van der Waals surface area contributed by atoms with E-state index in [0.29, 0.717) is 24.3 Å². The molecule has 0 saturated carbocycles. The fraction of sp³-hybridized carbons (Fsp3) is 0.409. The Morgan fingerprint density at radius 3 is 2.48 bits per heavy atom. The number of hydrogen-bond acceptors (Lipinski definition) is 2. The number of carbonyl (C=O) groups is 1. The Labute approximate surface area is 159 Å². The molecule has 0 aliphatic carbocycles. The SMILES string of the molecule is O=C(CCC1CCNCC1)NC(Cc1cccc(F)c1)c1cccc(F)c1. The number of amides is 1. The molecule has 3 rings (SSSR count). The first-order valence-electron chi connectivity index (χ1n) is 9.60. The fourth-order valence-corrected chi connectivity index (χ4v) is 3.65. The van der Waals surface area contributed by atoms with Crippen molar-refractivity contribution in [1.29, 1.82) is 0 Å². The summed E-state index contributed by atoms with van der Waals surface area (Å²) in [5.74, 6) is -0.129. The van der Waals surface area contributed by atoms with Crippen molar-refractivity contribution in [3.63, 3.8) is 0 Å². The first kappa shape index (κ1) is 19.5. The molecule has 0 radical (unpaired) electrons. The van der Waals surface area contributed by atoms with Crippen LogP contribution in [0.15, 0.2) is 48.5 Å². The van der Waals surface area contributed by atoms with Gasteiger partial charge in [-0.25, -0.2) is 8.78 Å². The molecule has 3 nitrogen and oxygen atoms in total. The summed E-state index contributed by atoms with van der Waals surface area (Å²) in [6, 6.07) is 12.1. The van der Waals surface area contributed by atoms with Crippen LogP contribution in [0.25, 0.3) is 0 Å². The maximum absolute atomic E-state index is 13.7. The van der Waals surface area contributed by atoms with E-state index in [0.717, 1.165) is 37.9 Å². The minimum atomic E-state index is -0.386. The molecule has 1 aliphatic rings. The largest absolute Gasteiger partial charge is 0.349 e. The summed E-state index contributed by atoms with van der Waals surface area (Å²) in [4.78, 5) is 12.5. The minimum Gasteiger partial charge on any atom is -0.349 e. The van der Waals surface area contributed by atoms with Gasteiger partial charge in [0.25, 0.3) is 0 Å². The van der Waals surface area contributed by atoms with Gasteiger partial charge in [0.15, 0.2) is 0 Å². The summed E-state index contributed by atoms with van der Waals surface area (Å²) >= 11 is 0. The second-order valence-corrected chi connectivity index (χ2v) is 7.24. The van der Waals surface area contributed by atoms with Gasteiger partial charge in [0, 0.05) is 6.42 Å². The van der Waals surface area contributed by atoms with Crippen molar-refractivity contribution in [3.8, 4) is 0 Å². The molecule has 1 atom stereocenters. The van der Waals surface area contributed by atoms with E-state index in [4.69, 9.17) is 0 Å². The van der Waals surface area contributed by atoms with Gasteiger partial charge in [-0.3, -0.25) is 4.79 Å². The number of benzene rings is 2. The molecule has 144 valence electrons. The van der Waals surface area contributed by atoms with Crippen molar-refractivity contribution < 1.29 is 13.6 Å². The first-order valence-corrected chi connectivity index (χ1v) is 9.60. The number of hydrogen-bond donors (Lipinski definition) is 2. The van der Waals surface area contributed by atoms with Crippen LogP contribution in [0.3, 0.4) is 0 Å². The Hall–Kier alpha value is -2.27. The first-order chi connectivity index (χ1) is 13.1. The van der Waals surface area contributed by atoms with Gasteiger partial charge in [-0.2, -0.15) is 0 Å². The predicted octanol–water partition coefficient (Wildman–Crippen LogP) is 4.14. The van der Waals surface area contributed by atoms with Crippen LogP contribution in [0.5, 0.6) is 0 Å². The zero-order chi connectivity index (χ0) is 19.1. The highest BCUT2D eigenvalue weighted by Crippen LogP contribution is 2.22. The molecule has 2 aromatic carbocycles. The van der Waals surface area contributed by atoms with Crippen LogP contribution in [-0.4, -0.2) is 19.0 Å².